The summed E-state index contributed by atoms with van der Waals surface area (Å²) in [7, 11) is 3.22. The summed E-state index contributed by atoms with van der Waals surface area (Å²) in [5.41, 5.74) is 4.97. The van der Waals surface area contributed by atoms with Crippen LogP contribution in [0, 0.1) is 0 Å². The molecule has 0 fully saturated rings. The first-order valence-corrected chi connectivity index (χ1v) is 4.55. The molecule has 5 nitrogen and oxygen atoms in total. The van der Waals surface area contributed by atoms with Crippen LogP contribution in [-0.4, -0.2) is 36.0 Å². The van der Waals surface area contributed by atoms with Crippen LogP contribution < -0.4 is 5.43 Å². The summed E-state index contributed by atoms with van der Waals surface area (Å²) in [4.78, 5) is 11.4. The Balaban J connectivity index is 2.32. The molecule has 0 saturated heterocycles. The molecule has 0 aromatic heterocycles. The molecule has 1 aliphatic rings. The second kappa shape index (κ2) is 3.61. The average Bonchev–Trinajstić information content (AvgIpc) is 2.26. The highest BCUT2D eigenvalue weighted by Crippen LogP contribution is 2.07. The van der Waals surface area contributed by atoms with Gasteiger partial charge in [0.15, 0.2) is 5.84 Å². The standard InChI is InChI=1S/C10H11N4O/c1-13-10(15)14(2)12-9(11-13)8-6-4-3-5-7-8/h3-7H,1-2H3. The first kappa shape index (κ1) is 9.51. The Morgan fingerprint density at radius 3 is 2.33 bits per heavy atom. The lowest BCUT2D eigenvalue weighted by Crippen LogP contribution is -2.48. The van der Waals surface area contributed by atoms with Gasteiger partial charge in [0.25, 0.3) is 0 Å². The summed E-state index contributed by atoms with van der Waals surface area (Å²) in [5.74, 6) is 0.542. The molecule has 1 radical (unpaired) electrons. The Bertz CT molecular complexity index is 401. The van der Waals surface area contributed by atoms with Crippen LogP contribution in [0.2, 0.25) is 0 Å². The van der Waals surface area contributed by atoms with E-state index >= 15 is 0 Å². The van der Waals surface area contributed by atoms with E-state index in [0.29, 0.717) is 5.84 Å². The minimum atomic E-state index is -0.241. The number of amides is 2. The van der Waals surface area contributed by atoms with Crippen LogP contribution in [0.25, 0.3) is 0 Å². The third kappa shape index (κ3) is 1.76. The fourth-order valence-electron chi connectivity index (χ4n) is 1.30. The number of hydrogen-bond acceptors (Lipinski definition) is 2. The van der Waals surface area contributed by atoms with Gasteiger partial charge in [-0.25, -0.2) is 14.8 Å². The molecule has 0 N–H and O–H groups in total. The Labute approximate surface area is 88.0 Å². The van der Waals surface area contributed by atoms with Crippen molar-refractivity contribution < 1.29 is 4.79 Å². The summed E-state index contributed by atoms with van der Waals surface area (Å²) in [6, 6.07) is 9.30. The van der Waals surface area contributed by atoms with Crippen LogP contribution in [-0.2, 0) is 0 Å². The van der Waals surface area contributed by atoms with E-state index in [2.05, 4.69) is 10.5 Å². The molecule has 0 unspecified atom stereocenters. The van der Waals surface area contributed by atoms with Crippen LogP contribution >= 0.6 is 0 Å². The SMILES string of the molecule is CN1[N]C(c2ccccc2)=NN(C)C1=O. The number of hydrogen-bond donors (Lipinski definition) is 0. The highest BCUT2D eigenvalue weighted by molar-refractivity contribution is 6.01. The summed E-state index contributed by atoms with van der Waals surface area (Å²) >= 11 is 0. The van der Waals surface area contributed by atoms with Gasteiger partial charge in [0, 0.05) is 19.7 Å². The minimum absolute atomic E-state index is 0.241. The van der Waals surface area contributed by atoms with E-state index in [9.17, 15) is 4.79 Å². The number of amidine groups is 1. The van der Waals surface area contributed by atoms with Crippen molar-refractivity contribution >= 4 is 11.9 Å². The minimum Gasteiger partial charge on any atom is -0.244 e. The second-order valence-electron chi connectivity index (χ2n) is 3.22. The van der Waals surface area contributed by atoms with Gasteiger partial charge in [-0.05, 0) is 0 Å². The van der Waals surface area contributed by atoms with Crippen molar-refractivity contribution in [3.63, 3.8) is 0 Å². The number of carbonyl (C=O) groups is 1. The zero-order valence-electron chi connectivity index (χ0n) is 8.58. The first-order valence-electron chi connectivity index (χ1n) is 4.55. The molecule has 2 amide bonds. The van der Waals surface area contributed by atoms with Gasteiger partial charge < -0.3 is 0 Å². The molecule has 1 heterocycles. The van der Waals surface area contributed by atoms with Crippen LogP contribution in [0.15, 0.2) is 35.4 Å². The van der Waals surface area contributed by atoms with E-state index in [0.717, 1.165) is 5.56 Å². The Morgan fingerprint density at radius 1 is 1.07 bits per heavy atom. The van der Waals surface area contributed by atoms with E-state index < -0.39 is 0 Å². The molecule has 5 heteroatoms. The van der Waals surface area contributed by atoms with Crippen molar-refractivity contribution in [2.24, 2.45) is 5.10 Å². The molecule has 15 heavy (non-hydrogen) atoms. The third-order valence-electron chi connectivity index (χ3n) is 2.08. The fourth-order valence-corrected chi connectivity index (χ4v) is 1.30. The zero-order valence-corrected chi connectivity index (χ0v) is 8.58. The molecule has 1 aliphatic heterocycles. The van der Waals surface area contributed by atoms with E-state index in [1.807, 2.05) is 30.3 Å². The molecule has 1 aromatic rings. The van der Waals surface area contributed by atoms with Gasteiger partial charge in [0.2, 0.25) is 0 Å². The Hall–Kier alpha value is -2.04. The molecule has 1 aromatic carbocycles. The van der Waals surface area contributed by atoms with E-state index in [1.165, 1.54) is 10.0 Å². The van der Waals surface area contributed by atoms with Gasteiger partial charge in [-0.2, -0.15) is 0 Å². The van der Waals surface area contributed by atoms with Crippen molar-refractivity contribution in [2.45, 2.75) is 0 Å². The quantitative estimate of drug-likeness (QED) is 0.668. The Kier molecular flexibility index (Phi) is 2.29. The van der Waals surface area contributed by atoms with Gasteiger partial charge in [0.05, 0.1) is 0 Å². The summed E-state index contributed by atoms with van der Waals surface area (Å²) in [6.45, 7) is 0. The maximum atomic E-state index is 11.4. The van der Waals surface area contributed by atoms with Crippen LogP contribution in [0.3, 0.4) is 0 Å². The predicted molar refractivity (Wildman–Crippen MR) is 56.0 cm³/mol. The lowest BCUT2D eigenvalue weighted by Gasteiger charge is -2.26. The monoisotopic (exact) mass is 203 g/mol. The topological polar surface area (TPSA) is 50.0 Å². The van der Waals surface area contributed by atoms with Crippen LogP contribution in [0.1, 0.15) is 5.56 Å². The number of urea groups is 1. The molecule has 0 saturated carbocycles. The molecule has 0 spiro atoms. The summed E-state index contributed by atoms with van der Waals surface area (Å²) in [5, 5.41) is 6.62. The van der Waals surface area contributed by atoms with Gasteiger partial charge in [0.1, 0.15) is 0 Å². The number of rotatable bonds is 1. The zero-order chi connectivity index (χ0) is 10.8. The molecule has 2 rings (SSSR count). The van der Waals surface area contributed by atoms with Gasteiger partial charge >= 0.3 is 6.03 Å². The highest BCUT2D eigenvalue weighted by Gasteiger charge is 2.23. The average molecular weight is 203 g/mol. The maximum absolute atomic E-state index is 11.4. The number of nitrogens with zero attached hydrogens (tertiary/aromatic N) is 4. The number of benzene rings is 1. The highest BCUT2D eigenvalue weighted by atomic mass is 16.2. The Morgan fingerprint density at radius 2 is 1.73 bits per heavy atom. The normalized spacial score (nSPS) is 16.1. The molecule has 0 atom stereocenters. The van der Waals surface area contributed by atoms with Crippen molar-refractivity contribution in [3.05, 3.63) is 35.9 Å². The lowest BCUT2D eigenvalue weighted by molar-refractivity contribution is 0.155. The first-order chi connectivity index (χ1) is 7.18. The van der Waals surface area contributed by atoms with Crippen molar-refractivity contribution in [1.29, 1.82) is 0 Å². The molecule has 0 bridgehead atoms. The van der Waals surface area contributed by atoms with E-state index in [-0.39, 0.29) is 6.03 Å². The number of carbonyl (C=O) groups excluding carboxylic acids is 1. The van der Waals surface area contributed by atoms with Gasteiger partial charge in [-0.1, -0.05) is 30.3 Å². The van der Waals surface area contributed by atoms with Gasteiger partial charge in [-0.15, -0.1) is 10.5 Å². The van der Waals surface area contributed by atoms with Crippen molar-refractivity contribution in [1.82, 2.24) is 15.4 Å². The van der Waals surface area contributed by atoms with Gasteiger partial charge in [-0.3, -0.25) is 0 Å². The molecular weight excluding hydrogens is 192 g/mol. The molecule has 0 aliphatic carbocycles. The second-order valence-corrected chi connectivity index (χ2v) is 3.22. The third-order valence-corrected chi connectivity index (χ3v) is 2.08. The smallest absolute Gasteiger partial charge is 0.244 e. The predicted octanol–water partition coefficient (Wildman–Crippen LogP) is 0.865. The van der Waals surface area contributed by atoms with E-state index in [4.69, 9.17) is 0 Å². The summed E-state index contributed by atoms with van der Waals surface area (Å²) in [6.07, 6.45) is 0. The molecule has 77 valence electrons. The number of hydrazone groups is 1. The van der Waals surface area contributed by atoms with Crippen LogP contribution in [0.4, 0.5) is 4.79 Å². The summed E-state index contributed by atoms with van der Waals surface area (Å²) < 4.78 is 0. The lowest BCUT2D eigenvalue weighted by atomic mass is 10.2. The van der Waals surface area contributed by atoms with Crippen LogP contribution in [0.5, 0.6) is 0 Å². The fraction of sp³-hybridized carbons (Fsp3) is 0.200. The molecular formula is C10H11N4O. The largest absolute Gasteiger partial charge is 0.360 e. The van der Waals surface area contributed by atoms with Crippen molar-refractivity contribution in [2.75, 3.05) is 14.1 Å². The van der Waals surface area contributed by atoms with E-state index in [1.54, 1.807) is 14.1 Å². The van der Waals surface area contributed by atoms with Crippen molar-refractivity contribution in [3.8, 4) is 0 Å². The maximum Gasteiger partial charge on any atom is 0.360 e.